The van der Waals surface area contributed by atoms with Crippen molar-refractivity contribution < 1.29 is 9.59 Å². The van der Waals surface area contributed by atoms with Crippen molar-refractivity contribution in [1.82, 2.24) is 9.78 Å². The number of amides is 2. The Hall–Kier alpha value is -2.83. The Morgan fingerprint density at radius 3 is 2.48 bits per heavy atom. The van der Waals surface area contributed by atoms with Crippen LogP contribution in [0, 0.1) is 13.8 Å². The van der Waals surface area contributed by atoms with Crippen LogP contribution in [0.15, 0.2) is 42.5 Å². The minimum Gasteiger partial charge on any atom is -0.369 e. The average Bonchev–Trinajstić information content (AvgIpc) is 2.93. The first kappa shape index (κ1) is 20.9. The number of carbonyl (C=O) groups excluding carboxylic acids is 2. The molecule has 29 heavy (non-hydrogen) atoms. The molecule has 0 bridgehead atoms. The van der Waals surface area contributed by atoms with E-state index in [0.717, 1.165) is 22.6 Å². The summed E-state index contributed by atoms with van der Waals surface area (Å²) in [6.07, 6.45) is 0.202. The van der Waals surface area contributed by atoms with Crippen LogP contribution in [-0.2, 0) is 22.4 Å². The molecule has 0 radical (unpaired) electrons. The Balaban J connectivity index is 1.82. The van der Waals surface area contributed by atoms with Gasteiger partial charge in [0.05, 0.1) is 34.3 Å². The predicted octanol–water partition coefficient (Wildman–Crippen LogP) is 4.00. The van der Waals surface area contributed by atoms with Gasteiger partial charge in [0.1, 0.15) is 0 Å². The molecule has 0 fully saturated rings. The summed E-state index contributed by atoms with van der Waals surface area (Å²) in [6, 6.07) is 12.3. The lowest BCUT2D eigenvalue weighted by atomic mass is 10.1. The second-order valence-corrected chi connectivity index (χ2v) is 7.50. The molecule has 150 valence electrons. The summed E-state index contributed by atoms with van der Waals surface area (Å²) >= 11 is 12.1. The monoisotopic (exact) mass is 430 g/mol. The lowest BCUT2D eigenvalue weighted by Crippen LogP contribution is -2.19. The molecule has 0 saturated carbocycles. The minimum atomic E-state index is -0.457. The largest absolute Gasteiger partial charge is 0.369 e. The molecular formula is C21H20Cl2N4O2. The normalized spacial score (nSPS) is 10.8. The van der Waals surface area contributed by atoms with Crippen molar-refractivity contribution in [2.75, 3.05) is 5.32 Å². The number of halogens is 2. The van der Waals surface area contributed by atoms with Crippen molar-refractivity contribution in [1.29, 1.82) is 0 Å². The molecule has 3 rings (SSSR count). The van der Waals surface area contributed by atoms with E-state index in [1.807, 2.05) is 19.9 Å². The smallest absolute Gasteiger partial charge is 0.228 e. The Labute approximate surface area is 178 Å². The van der Waals surface area contributed by atoms with Crippen LogP contribution in [0.2, 0.25) is 10.0 Å². The highest BCUT2D eigenvalue weighted by Crippen LogP contribution is 2.26. The fourth-order valence-corrected chi connectivity index (χ4v) is 3.43. The van der Waals surface area contributed by atoms with E-state index in [0.29, 0.717) is 21.3 Å². The van der Waals surface area contributed by atoms with E-state index < -0.39 is 5.91 Å². The Morgan fingerprint density at radius 1 is 1.07 bits per heavy atom. The Kier molecular flexibility index (Phi) is 6.25. The van der Waals surface area contributed by atoms with Gasteiger partial charge < -0.3 is 11.1 Å². The van der Waals surface area contributed by atoms with E-state index in [4.69, 9.17) is 28.9 Å². The number of nitrogens with zero attached hydrogens (tertiary/aromatic N) is 2. The number of para-hydroxylation sites is 1. The molecule has 3 aromatic rings. The van der Waals surface area contributed by atoms with Crippen LogP contribution in [0.5, 0.6) is 0 Å². The fourth-order valence-electron chi connectivity index (χ4n) is 3.14. The highest BCUT2D eigenvalue weighted by atomic mass is 35.5. The minimum absolute atomic E-state index is 0.0593. The summed E-state index contributed by atoms with van der Waals surface area (Å²) in [6.45, 7) is 3.75. The van der Waals surface area contributed by atoms with Crippen molar-refractivity contribution >= 4 is 40.7 Å². The first-order chi connectivity index (χ1) is 13.8. The van der Waals surface area contributed by atoms with Gasteiger partial charge in [0.25, 0.3) is 0 Å². The maximum Gasteiger partial charge on any atom is 0.228 e. The third-order valence-corrected chi connectivity index (χ3v) is 5.32. The van der Waals surface area contributed by atoms with Crippen molar-refractivity contribution in [2.24, 2.45) is 5.73 Å². The third kappa shape index (κ3) is 4.78. The third-order valence-electron chi connectivity index (χ3n) is 4.58. The lowest BCUT2D eigenvalue weighted by Gasteiger charge is -2.10. The zero-order valence-corrected chi connectivity index (χ0v) is 17.5. The number of anilines is 1. The molecule has 0 aliphatic heterocycles. The average molecular weight is 431 g/mol. The zero-order chi connectivity index (χ0) is 21.1. The summed E-state index contributed by atoms with van der Waals surface area (Å²) in [5.41, 5.74) is 9.69. The van der Waals surface area contributed by atoms with Gasteiger partial charge in [-0.1, -0.05) is 41.4 Å². The summed E-state index contributed by atoms with van der Waals surface area (Å²) in [4.78, 5) is 23.9. The highest BCUT2D eigenvalue weighted by molar-refractivity contribution is 6.42. The number of nitrogens with two attached hydrogens (primary N) is 1. The Bertz CT molecular complexity index is 1090. The van der Waals surface area contributed by atoms with E-state index in [2.05, 4.69) is 10.4 Å². The first-order valence-electron chi connectivity index (χ1n) is 8.93. The molecule has 0 unspecified atom stereocenters. The van der Waals surface area contributed by atoms with Crippen LogP contribution in [0.4, 0.5) is 5.69 Å². The molecule has 6 nitrogen and oxygen atoms in total. The summed E-state index contributed by atoms with van der Waals surface area (Å²) < 4.78 is 1.74. The number of primary amides is 1. The Morgan fingerprint density at radius 2 is 1.79 bits per heavy atom. The highest BCUT2D eigenvalue weighted by Gasteiger charge is 2.17. The van der Waals surface area contributed by atoms with Crippen LogP contribution >= 0.6 is 23.2 Å². The molecule has 0 atom stereocenters. The first-order valence-corrected chi connectivity index (χ1v) is 9.68. The molecule has 1 heterocycles. The van der Waals surface area contributed by atoms with E-state index in [1.165, 1.54) is 0 Å². The predicted molar refractivity (Wildman–Crippen MR) is 115 cm³/mol. The number of rotatable bonds is 6. The molecule has 0 saturated heterocycles. The van der Waals surface area contributed by atoms with Gasteiger partial charge in [-0.25, -0.2) is 4.68 Å². The maximum absolute atomic E-state index is 12.7. The van der Waals surface area contributed by atoms with Gasteiger partial charge in [-0.3, -0.25) is 9.59 Å². The van der Waals surface area contributed by atoms with Crippen LogP contribution in [-0.4, -0.2) is 21.6 Å². The summed E-state index contributed by atoms with van der Waals surface area (Å²) in [7, 11) is 0. The van der Waals surface area contributed by atoms with Crippen LogP contribution in [0.1, 0.15) is 22.5 Å². The van der Waals surface area contributed by atoms with Crippen molar-refractivity contribution in [3.05, 3.63) is 75.0 Å². The van der Waals surface area contributed by atoms with Gasteiger partial charge in [-0.05, 0) is 43.7 Å². The van der Waals surface area contributed by atoms with E-state index in [-0.39, 0.29) is 18.7 Å². The SMILES string of the molecule is Cc1nn(-c2ccc(Cl)c(Cl)c2)c(C)c1CC(=O)Nc1ccccc1CC(N)=O. The number of aromatic nitrogens is 2. The second-order valence-electron chi connectivity index (χ2n) is 6.68. The summed E-state index contributed by atoms with van der Waals surface area (Å²) in [5.74, 6) is -0.664. The number of benzene rings is 2. The number of hydrogen-bond donors (Lipinski definition) is 2. The number of aryl methyl sites for hydroxylation is 1. The van der Waals surface area contributed by atoms with Gasteiger partial charge in [0.2, 0.25) is 11.8 Å². The molecule has 3 N–H and O–H groups in total. The van der Waals surface area contributed by atoms with Crippen LogP contribution < -0.4 is 11.1 Å². The van der Waals surface area contributed by atoms with Gasteiger partial charge in [-0.2, -0.15) is 5.10 Å². The maximum atomic E-state index is 12.7. The topological polar surface area (TPSA) is 90.0 Å². The van der Waals surface area contributed by atoms with E-state index in [1.54, 1.807) is 41.1 Å². The van der Waals surface area contributed by atoms with Crippen molar-refractivity contribution in [3.8, 4) is 5.69 Å². The molecule has 0 aliphatic rings. The van der Waals surface area contributed by atoms with Gasteiger partial charge >= 0.3 is 0 Å². The van der Waals surface area contributed by atoms with Crippen LogP contribution in [0.25, 0.3) is 5.69 Å². The molecule has 1 aromatic heterocycles. The molecular weight excluding hydrogens is 411 g/mol. The fraction of sp³-hybridized carbons (Fsp3) is 0.190. The van der Waals surface area contributed by atoms with Crippen LogP contribution in [0.3, 0.4) is 0 Å². The quantitative estimate of drug-likeness (QED) is 0.618. The van der Waals surface area contributed by atoms with E-state index >= 15 is 0 Å². The van der Waals surface area contributed by atoms with E-state index in [9.17, 15) is 9.59 Å². The second kappa shape index (κ2) is 8.68. The molecule has 0 aliphatic carbocycles. The van der Waals surface area contributed by atoms with Gasteiger partial charge in [-0.15, -0.1) is 0 Å². The molecule has 2 aromatic carbocycles. The molecule has 2 amide bonds. The number of hydrogen-bond acceptors (Lipinski definition) is 3. The van der Waals surface area contributed by atoms with Gasteiger partial charge in [0, 0.05) is 16.9 Å². The van der Waals surface area contributed by atoms with Gasteiger partial charge in [0.15, 0.2) is 0 Å². The number of nitrogens with one attached hydrogen (secondary N) is 1. The lowest BCUT2D eigenvalue weighted by molar-refractivity contribution is -0.117. The van der Waals surface area contributed by atoms with Crippen molar-refractivity contribution in [2.45, 2.75) is 26.7 Å². The standard InChI is InChI=1S/C21H20Cl2N4O2/c1-12-16(13(2)27(26-12)15-7-8-17(22)18(23)10-15)11-21(29)25-19-6-4-3-5-14(19)9-20(24)28/h3-8,10H,9,11H2,1-2H3,(H2,24,28)(H,25,29). The number of carbonyl (C=O) groups is 2. The molecule has 8 heteroatoms. The summed E-state index contributed by atoms with van der Waals surface area (Å²) in [5, 5.41) is 8.30. The molecule has 0 spiro atoms. The van der Waals surface area contributed by atoms with Crippen molar-refractivity contribution in [3.63, 3.8) is 0 Å². The zero-order valence-electron chi connectivity index (χ0n) is 16.0.